The maximum atomic E-state index is 12.1. The second-order valence-electron chi connectivity index (χ2n) is 6.22. The van der Waals surface area contributed by atoms with E-state index in [0.29, 0.717) is 11.3 Å². The van der Waals surface area contributed by atoms with Crippen molar-refractivity contribution in [3.05, 3.63) is 29.8 Å². The first-order chi connectivity index (χ1) is 9.36. The van der Waals surface area contributed by atoms with Crippen LogP contribution in [0.4, 0.5) is 0 Å². The molecule has 4 nitrogen and oxygen atoms in total. The summed E-state index contributed by atoms with van der Waals surface area (Å²) in [4.78, 5) is 0.462. The maximum Gasteiger partial charge on any atom is 0.178 e. The lowest BCUT2D eigenvalue weighted by Crippen LogP contribution is -2.36. The van der Waals surface area contributed by atoms with Gasteiger partial charge >= 0.3 is 0 Å². The zero-order valence-corrected chi connectivity index (χ0v) is 12.9. The molecule has 0 bridgehead atoms. The maximum absolute atomic E-state index is 12.1. The van der Waals surface area contributed by atoms with Crippen LogP contribution in [0.2, 0.25) is 0 Å². The fraction of sp³-hybridized carbons (Fsp3) is 0.600. The molecule has 1 heterocycles. The molecule has 2 N–H and O–H groups in total. The zero-order chi connectivity index (χ0) is 14.8. The Morgan fingerprint density at radius 2 is 2.05 bits per heavy atom. The Morgan fingerprint density at radius 3 is 2.75 bits per heavy atom. The Bertz CT molecular complexity index is 566. The second-order valence-corrected chi connectivity index (χ2v) is 8.29. The van der Waals surface area contributed by atoms with Gasteiger partial charge in [0.1, 0.15) is 0 Å². The Morgan fingerprint density at radius 1 is 1.35 bits per heavy atom. The van der Waals surface area contributed by atoms with Crippen molar-refractivity contribution in [2.75, 3.05) is 18.9 Å². The summed E-state index contributed by atoms with van der Waals surface area (Å²) >= 11 is 0. The van der Waals surface area contributed by atoms with Crippen LogP contribution < -0.4 is 5.32 Å². The SMILES string of the molecule is CC(C)(CCO)CNC1CCS(=O)(=O)c2ccccc21. The monoisotopic (exact) mass is 297 g/mol. The molecule has 0 saturated heterocycles. The summed E-state index contributed by atoms with van der Waals surface area (Å²) < 4.78 is 24.1. The van der Waals surface area contributed by atoms with Crippen molar-refractivity contribution in [2.45, 2.75) is 37.6 Å². The third kappa shape index (κ3) is 3.40. The predicted octanol–water partition coefficient (Wildman–Crippen LogP) is 1.90. The molecule has 1 unspecified atom stereocenters. The van der Waals surface area contributed by atoms with Crippen molar-refractivity contribution in [3.63, 3.8) is 0 Å². The number of hydrogen-bond donors (Lipinski definition) is 2. The number of benzene rings is 1. The minimum absolute atomic E-state index is 0.0000157. The Balaban J connectivity index is 2.16. The van der Waals surface area contributed by atoms with Gasteiger partial charge < -0.3 is 10.4 Å². The lowest BCUT2D eigenvalue weighted by Gasteiger charge is -2.31. The van der Waals surface area contributed by atoms with Gasteiger partial charge in [0, 0.05) is 19.2 Å². The van der Waals surface area contributed by atoms with Crippen LogP contribution in [0.1, 0.15) is 38.3 Å². The molecule has 20 heavy (non-hydrogen) atoms. The normalized spacial score (nSPS) is 21.4. The second kappa shape index (κ2) is 5.84. The van der Waals surface area contributed by atoms with Crippen molar-refractivity contribution in [1.82, 2.24) is 5.32 Å². The molecule has 1 aliphatic rings. The van der Waals surface area contributed by atoms with Crippen molar-refractivity contribution in [1.29, 1.82) is 0 Å². The van der Waals surface area contributed by atoms with E-state index in [-0.39, 0.29) is 23.8 Å². The molecular formula is C15H23NO3S. The van der Waals surface area contributed by atoms with Gasteiger partial charge in [-0.05, 0) is 29.9 Å². The molecule has 0 fully saturated rings. The topological polar surface area (TPSA) is 66.4 Å². The van der Waals surface area contributed by atoms with Gasteiger partial charge in [0.05, 0.1) is 10.6 Å². The molecule has 2 rings (SSSR count). The van der Waals surface area contributed by atoms with Gasteiger partial charge in [0.2, 0.25) is 0 Å². The van der Waals surface area contributed by atoms with E-state index in [2.05, 4.69) is 19.2 Å². The highest BCUT2D eigenvalue weighted by atomic mass is 32.2. The summed E-state index contributed by atoms with van der Waals surface area (Å²) in [5, 5.41) is 12.5. The Hall–Kier alpha value is -0.910. The fourth-order valence-corrected chi connectivity index (χ4v) is 4.21. The molecule has 112 valence electrons. The van der Waals surface area contributed by atoms with Crippen LogP contribution in [-0.2, 0) is 9.84 Å². The number of fused-ring (bicyclic) bond motifs is 1. The minimum Gasteiger partial charge on any atom is -0.396 e. The van der Waals surface area contributed by atoms with Gasteiger partial charge in [-0.1, -0.05) is 32.0 Å². The van der Waals surface area contributed by atoms with Crippen LogP contribution in [0.15, 0.2) is 29.2 Å². The molecule has 1 atom stereocenters. The van der Waals surface area contributed by atoms with E-state index in [1.165, 1.54) is 0 Å². The number of hydrogen-bond acceptors (Lipinski definition) is 4. The van der Waals surface area contributed by atoms with Gasteiger partial charge in [-0.25, -0.2) is 8.42 Å². The fourth-order valence-electron chi connectivity index (χ4n) is 2.59. The van der Waals surface area contributed by atoms with Crippen LogP contribution in [-0.4, -0.2) is 32.4 Å². The molecule has 5 heteroatoms. The number of rotatable bonds is 5. The van der Waals surface area contributed by atoms with Crippen molar-refractivity contribution in [2.24, 2.45) is 5.41 Å². The van der Waals surface area contributed by atoms with Crippen LogP contribution in [0.5, 0.6) is 0 Å². The number of nitrogens with one attached hydrogen (secondary N) is 1. The summed E-state index contributed by atoms with van der Waals surface area (Å²) in [5.74, 6) is 0.197. The minimum atomic E-state index is -3.12. The Kier molecular flexibility index (Phi) is 4.52. The molecular weight excluding hydrogens is 274 g/mol. The number of aliphatic hydroxyl groups excluding tert-OH is 1. The van der Waals surface area contributed by atoms with Crippen molar-refractivity contribution in [3.8, 4) is 0 Å². The van der Waals surface area contributed by atoms with Gasteiger partial charge in [-0.15, -0.1) is 0 Å². The van der Waals surface area contributed by atoms with E-state index in [1.54, 1.807) is 12.1 Å². The molecule has 0 aromatic heterocycles. The molecule has 0 saturated carbocycles. The quantitative estimate of drug-likeness (QED) is 0.871. The highest BCUT2D eigenvalue weighted by Crippen LogP contribution is 2.32. The highest BCUT2D eigenvalue weighted by molar-refractivity contribution is 7.91. The van der Waals surface area contributed by atoms with E-state index in [4.69, 9.17) is 5.11 Å². The van der Waals surface area contributed by atoms with Crippen LogP contribution in [0.25, 0.3) is 0 Å². The summed E-state index contributed by atoms with van der Waals surface area (Å²) in [6, 6.07) is 7.31. The smallest absolute Gasteiger partial charge is 0.178 e. The lowest BCUT2D eigenvalue weighted by atomic mass is 9.89. The standard InChI is InChI=1S/C15H23NO3S/c1-15(2,8-9-17)11-16-13-7-10-20(18,19)14-6-4-3-5-12(13)14/h3-6,13,16-17H,7-11H2,1-2H3. The van der Waals surface area contributed by atoms with E-state index < -0.39 is 9.84 Å². The molecule has 1 aliphatic heterocycles. The van der Waals surface area contributed by atoms with Crippen LogP contribution in [0, 0.1) is 5.41 Å². The molecule has 0 spiro atoms. The van der Waals surface area contributed by atoms with Gasteiger partial charge in [0.25, 0.3) is 0 Å². The average molecular weight is 297 g/mol. The summed E-state index contributed by atoms with van der Waals surface area (Å²) in [5.41, 5.74) is 0.874. The highest BCUT2D eigenvalue weighted by Gasteiger charge is 2.30. The van der Waals surface area contributed by atoms with E-state index >= 15 is 0 Å². The molecule has 0 amide bonds. The summed E-state index contributed by atoms with van der Waals surface area (Å²) in [6.07, 6.45) is 1.33. The van der Waals surface area contributed by atoms with Crippen molar-refractivity contribution >= 4 is 9.84 Å². The van der Waals surface area contributed by atoms with Crippen LogP contribution >= 0.6 is 0 Å². The van der Waals surface area contributed by atoms with Crippen molar-refractivity contribution < 1.29 is 13.5 Å². The first-order valence-corrected chi connectivity index (χ1v) is 8.67. The summed E-state index contributed by atoms with van der Waals surface area (Å²) in [7, 11) is -3.12. The first kappa shape index (κ1) is 15.5. The first-order valence-electron chi connectivity index (χ1n) is 7.02. The number of aliphatic hydroxyl groups is 1. The van der Waals surface area contributed by atoms with E-state index in [0.717, 1.165) is 18.5 Å². The molecule has 1 aromatic rings. The molecule has 1 aromatic carbocycles. The van der Waals surface area contributed by atoms with Crippen LogP contribution in [0.3, 0.4) is 0 Å². The third-order valence-corrected chi connectivity index (χ3v) is 5.74. The largest absolute Gasteiger partial charge is 0.396 e. The third-order valence-electron chi connectivity index (χ3n) is 3.92. The van der Waals surface area contributed by atoms with Gasteiger partial charge in [0.15, 0.2) is 9.84 Å². The molecule has 0 aliphatic carbocycles. The average Bonchev–Trinajstić information content (AvgIpc) is 2.38. The number of sulfone groups is 1. The van der Waals surface area contributed by atoms with E-state index in [9.17, 15) is 8.42 Å². The Labute approximate surface area is 121 Å². The summed E-state index contributed by atoms with van der Waals surface area (Å²) in [6.45, 7) is 5.13. The predicted molar refractivity (Wildman–Crippen MR) is 79.3 cm³/mol. The van der Waals surface area contributed by atoms with E-state index in [1.807, 2.05) is 12.1 Å². The van der Waals surface area contributed by atoms with Gasteiger partial charge in [-0.2, -0.15) is 0 Å². The van der Waals surface area contributed by atoms with Gasteiger partial charge in [-0.3, -0.25) is 0 Å². The lowest BCUT2D eigenvalue weighted by molar-refractivity contribution is 0.202. The zero-order valence-electron chi connectivity index (χ0n) is 12.1. The molecule has 0 radical (unpaired) electrons.